The van der Waals surface area contributed by atoms with Crippen molar-refractivity contribution in [2.45, 2.75) is 13.0 Å². The van der Waals surface area contributed by atoms with Crippen molar-refractivity contribution in [2.75, 3.05) is 18.9 Å². The van der Waals surface area contributed by atoms with Crippen molar-refractivity contribution in [3.63, 3.8) is 0 Å². The summed E-state index contributed by atoms with van der Waals surface area (Å²) in [7, 11) is 1.82. The lowest BCUT2D eigenvalue weighted by Crippen LogP contribution is -2.26. The third kappa shape index (κ3) is 4.93. The maximum atomic E-state index is 12.7. The van der Waals surface area contributed by atoms with Gasteiger partial charge in [-0.1, -0.05) is 60.7 Å². The Morgan fingerprint density at radius 2 is 1.62 bits per heavy atom. The number of nitrogens with zero attached hydrogens (tertiary/aromatic N) is 2. The second-order valence-electron chi connectivity index (χ2n) is 6.24. The van der Waals surface area contributed by atoms with Crippen molar-refractivity contribution in [3.05, 3.63) is 95.7 Å². The van der Waals surface area contributed by atoms with Gasteiger partial charge in [-0.2, -0.15) is 0 Å². The molecule has 3 rings (SSSR count). The first-order chi connectivity index (χ1) is 12.7. The molecule has 0 saturated carbocycles. The number of carbonyl (C=O) groups excluding carboxylic acids is 1. The summed E-state index contributed by atoms with van der Waals surface area (Å²) >= 11 is 0. The van der Waals surface area contributed by atoms with Gasteiger partial charge in [-0.25, -0.2) is 4.98 Å². The first-order valence-corrected chi connectivity index (χ1v) is 8.75. The van der Waals surface area contributed by atoms with Gasteiger partial charge in [0, 0.05) is 31.9 Å². The summed E-state index contributed by atoms with van der Waals surface area (Å²) in [4.78, 5) is 18.7. The average molecular weight is 345 g/mol. The Morgan fingerprint density at radius 1 is 0.962 bits per heavy atom. The van der Waals surface area contributed by atoms with Gasteiger partial charge in [0.15, 0.2) is 0 Å². The number of benzene rings is 2. The van der Waals surface area contributed by atoms with E-state index in [-0.39, 0.29) is 5.91 Å². The van der Waals surface area contributed by atoms with Gasteiger partial charge in [0.2, 0.25) is 0 Å². The van der Waals surface area contributed by atoms with Crippen LogP contribution in [0.4, 0.5) is 5.82 Å². The summed E-state index contributed by atoms with van der Waals surface area (Å²) in [6.45, 7) is 1.35. The van der Waals surface area contributed by atoms with E-state index in [1.54, 1.807) is 17.2 Å². The molecule has 0 bridgehead atoms. The van der Waals surface area contributed by atoms with Gasteiger partial charge in [0.25, 0.3) is 5.91 Å². The quantitative estimate of drug-likeness (QED) is 0.704. The molecule has 0 fully saturated rings. The van der Waals surface area contributed by atoms with E-state index in [1.807, 2.05) is 61.6 Å². The summed E-state index contributed by atoms with van der Waals surface area (Å²) in [5, 5.41) is 3.30. The largest absolute Gasteiger partial charge is 0.370 e. The molecule has 4 nitrogen and oxygen atoms in total. The number of anilines is 1. The molecular formula is C22H23N3O. The lowest BCUT2D eigenvalue weighted by Gasteiger charge is -2.17. The van der Waals surface area contributed by atoms with Crippen molar-refractivity contribution in [1.29, 1.82) is 0 Å². The minimum absolute atomic E-state index is 0.0117. The first kappa shape index (κ1) is 17.7. The molecule has 26 heavy (non-hydrogen) atoms. The van der Waals surface area contributed by atoms with Gasteiger partial charge in [0.1, 0.15) is 5.82 Å². The summed E-state index contributed by atoms with van der Waals surface area (Å²) in [5.74, 6) is 0.710. The zero-order valence-electron chi connectivity index (χ0n) is 14.9. The zero-order chi connectivity index (χ0) is 18.2. The van der Waals surface area contributed by atoms with Crippen LogP contribution in [0.25, 0.3) is 0 Å². The standard InChI is InChI=1S/C22H23N3O/c1-25(17-19-10-6-3-7-11-19)22(26)20-13-15-24-21(16-20)23-14-12-18-8-4-2-5-9-18/h2-11,13,15-16H,12,14,17H2,1H3,(H,23,24). The smallest absolute Gasteiger partial charge is 0.254 e. The van der Waals surface area contributed by atoms with Crippen LogP contribution in [0.2, 0.25) is 0 Å². The third-order valence-electron chi connectivity index (χ3n) is 4.18. The summed E-state index contributed by atoms with van der Waals surface area (Å²) < 4.78 is 0. The van der Waals surface area contributed by atoms with Gasteiger partial charge < -0.3 is 10.2 Å². The van der Waals surface area contributed by atoms with Gasteiger partial charge in [0.05, 0.1) is 0 Å². The topological polar surface area (TPSA) is 45.2 Å². The average Bonchev–Trinajstić information content (AvgIpc) is 2.69. The highest BCUT2D eigenvalue weighted by Gasteiger charge is 2.12. The Kier molecular flexibility index (Phi) is 5.99. The van der Waals surface area contributed by atoms with Crippen LogP contribution >= 0.6 is 0 Å². The predicted octanol–water partition coefficient (Wildman–Crippen LogP) is 4.01. The Balaban J connectivity index is 1.58. The van der Waals surface area contributed by atoms with Crippen LogP contribution in [0, 0.1) is 0 Å². The molecule has 0 radical (unpaired) electrons. The number of carbonyl (C=O) groups is 1. The lowest BCUT2D eigenvalue weighted by atomic mass is 10.1. The van der Waals surface area contributed by atoms with Crippen LogP contribution in [0.5, 0.6) is 0 Å². The number of aromatic nitrogens is 1. The fourth-order valence-electron chi connectivity index (χ4n) is 2.79. The monoisotopic (exact) mass is 345 g/mol. The number of hydrogen-bond donors (Lipinski definition) is 1. The molecule has 0 saturated heterocycles. The van der Waals surface area contributed by atoms with E-state index < -0.39 is 0 Å². The van der Waals surface area contributed by atoms with E-state index in [0.29, 0.717) is 12.1 Å². The Labute approximate surface area is 154 Å². The van der Waals surface area contributed by atoms with Crippen LogP contribution in [-0.2, 0) is 13.0 Å². The normalized spacial score (nSPS) is 10.3. The molecule has 132 valence electrons. The Morgan fingerprint density at radius 3 is 2.31 bits per heavy atom. The highest BCUT2D eigenvalue weighted by molar-refractivity contribution is 5.94. The van der Waals surface area contributed by atoms with Crippen molar-refractivity contribution >= 4 is 11.7 Å². The molecule has 3 aromatic rings. The van der Waals surface area contributed by atoms with Gasteiger partial charge >= 0.3 is 0 Å². The van der Waals surface area contributed by atoms with E-state index in [1.165, 1.54) is 5.56 Å². The maximum Gasteiger partial charge on any atom is 0.254 e. The molecule has 1 aromatic heterocycles. The number of pyridine rings is 1. The van der Waals surface area contributed by atoms with E-state index in [4.69, 9.17) is 0 Å². The predicted molar refractivity (Wildman–Crippen MR) is 105 cm³/mol. The van der Waals surface area contributed by atoms with Crippen molar-refractivity contribution in [3.8, 4) is 0 Å². The van der Waals surface area contributed by atoms with E-state index in [0.717, 1.165) is 24.3 Å². The number of nitrogens with one attached hydrogen (secondary N) is 1. The minimum Gasteiger partial charge on any atom is -0.370 e. The van der Waals surface area contributed by atoms with E-state index in [2.05, 4.69) is 22.4 Å². The Hall–Kier alpha value is -3.14. The summed E-state index contributed by atoms with van der Waals surface area (Å²) in [6, 6.07) is 23.8. The second-order valence-corrected chi connectivity index (χ2v) is 6.24. The van der Waals surface area contributed by atoms with E-state index >= 15 is 0 Å². The molecule has 1 heterocycles. The summed E-state index contributed by atoms with van der Waals surface area (Å²) in [6.07, 6.45) is 2.59. The Bertz CT molecular complexity index is 834. The van der Waals surface area contributed by atoms with Crippen molar-refractivity contribution < 1.29 is 4.79 Å². The minimum atomic E-state index is -0.0117. The first-order valence-electron chi connectivity index (χ1n) is 8.75. The molecule has 1 N–H and O–H groups in total. The number of rotatable bonds is 7. The molecule has 0 unspecified atom stereocenters. The van der Waals surface area contributed by atoms with Gasteiger partial charge in [-0.3, -0.25) is 4.79 Å². The molecule has 0 aliphatic rings. The van der Waals surface area contributed by atoms with Crippen molar-refractivity contribution in [1.82, 2.24) is 9.88 Å². The number of hydrogen-bond acceptors (Lipinski definition) is 3. The molecule has 0 spiro atoms. The molecule has 0 aliphatic heterocycles. The highest BCUT2D eigenvalue weighted by Crippen LogP contribution is 2.12. The molecule has 1 amide bonds. The molecule has 4 heteroatoms. The molecule has 2 aromatic carbocycles. The third-order valence-corrected chi connectivity index (χ3v) is 4.18. The van der Waals surface area contributed by atoms with Crippen LogP contribution in [-0.4, -0.2) is 29.4 Å². The fourth-order valence-corrected chi connectivity index (χ4v) is 2.79. The summed E-state index contributed by atoms with van der Waals surface area (Å²) in [5.41, 5.74) is 3.02. The second kappa shape index (κ2) is 8.81. The van der Waals surface area contributed by atoms with Crippen LogP contribution in [0.15, 0.2) is 79.0 Å². The van der Waals surface area contributed by atoms with Crippen molar-refractivity contribution in [2.24, 2.45) is 0 Å². The van der Waals surface area contributed by atoms with Crippen LogP contribution in [0.1, 0.15) is 21.5 Å². The maximum absolute atomic E-state index is 12.7. The van der Waals surface area contributed by atoms with Crippen LogP contribution in [0.3, 0.4) is 0 Å². The fraction of sp³-hybridized carbons (Fsp3) is 0.182. The molecule has 0 atom stereocenters. The van der Waals surface area contributed by atoms with E-state index in [9.17, 15) is 4.79 Å². The lowest BCUT2D eigenvalue weighted by molar-refractivity contribution is 0.0785. The zero-order valence-corrected chi connectivity index (χ0v) is 14.9. The highest BCUT2D eigenvalue weighted by atomic mass is 16.2. The van der Waals surface area contributed by atoms with Crippen LogP contribution < -0.4 is 5.32 Å². The molecule has 0 aliphatic carbocycles. The van der Waals surface area contributed by atoms with Gasteiger partial charge in [-0.05, 0) is 29.7 Å². The van der Waals surface area contributed by atoms with Gasteiger partial charge in [-0.15, -0.1) is 0 Å². The number of amides is 1. The SMILES string of the molecule is CN(Cc1ccccc1)C(=O)c1ccnc(NCCc2ccccc2)c1. The molecular weight excluding hydrogens is 322 g/mol.